The Morgan fingerprint density at radius 2 is 2.12 bits per heavy atom. The van der Waals surface area contributed by atoms with Gasteiger partial charge in [-0.05, 0) is 43.4 Å². The van der Waals surface area contributed by atoms with Crippen LogP contribution in [0, 0.1) is 11.8 Å². The topological polar surface area (TPSA) is 12.0 Å². The molecule has 1 aliphatic rings. The number of benzene rings is 1. The number of likely N-dealkylation sites (N-methyl/N-ethyl adjacent to an activating group) is 1. The van der Waals surface area contributed by atoms with Crippen molar-refractivity contribution in [1.82, 2.24) is 5.32 Å². The molecule has 3 atom stereocenters. The van der Waals surface area contributed by atoms with Gasteiger partial charge in [0.25, 0.3) is 0 Å². The number of rotatable bonds is 4. The molecule has 17 heavy (non-hydrogen) atoms. The summed E-state index contributed by atoms with van der Waals surface area (Å²) >= 11 is 6.24. The minimum Gasteiger partial charge on any atom is -0.316 e. The Labute approximate surface area is 110 Å². The van der Waals surface area contributed by atoms with E-state index in [9.17, 15) is 0 Å². The highest BCUT2D eigenvalue weighted by Gasteiger charge is 2.30. The van der Waals surface area contributed by atoms with Gasteiger partial charge < -0.3 is 5.32 Å². The second-order valence-electron chi connectivity index (χ2n) is 5.26. The van der Waals surface area contributed by atoms with Crippen molar-refractivity contribution in [3.63, 3.8) is 0 Å². The van der Waals surface area contributed by atoms with Gasteiger partial charge in [0.2, 0.25) is 0 Å². The van der Waals surface area contributed by atoms with Crippen molar-refractivity contribution in [2.24, 2.45) is 11.8 Å². The van der Waals surface area contributed by atoms with Gasteiger partial charge in [-0.1, -0.05) is 49.6 Å². The first kappa shape index (κ1) is 12.9. The summed E-state index contributed by atoms with van der Waals surface area (Å²) in [4.78, 5) is 0. The molecule has 2 heteroatoms. The van der Waals surface area contributed by atoms with Crippen LogP contribution in [-0.4, -0.2) is 13.1 Å². The van der Waals surface area contributed by atoms with Gasteiger partial charge in [-0.25, -0.2) is 0 Å². The number of nitrogens with one attached hydrogen (secondary N) is 1. The zero-order chi connectivity index (χ0) is 12.3. The predicted octanol–water partition coefficient (Wildman–Crippen LogP) is 3.91. The third-order valence-electron chi connectivity index (χ3n) is 4.21. The summed E-state index contributed by atoms with van der Waals surface area (Å²) in [6, 6.07) is 8.77. The van der Waals surface area contributed by atoms with Crippen molar-refractivity contribution in [2.45, 2.75) is 38.6 Å². The summed E-state index contributed by atoms with van der Waals surface area (Å²) in [6.45, 7) is 2.38. The molecule has 3 unspecified atom stereocenters. The number of halogens is 1. The van der Waals surface area contributed by atoms with Crippen LogP contribution in [0.3, 0.4) is 0 Å². The number of hydrogen-bond donors (Lipinski definition) is 1. The second-order valence-corrected chi connectivity index (χ2v) is 5.67. The first-order valence-electron chi connectivity index (χ1n) is 6.63. The van der Waals surface area contributed by atoms with Gasteiger partial charge in [-0.15, -0.1) is 0 Å². The molecule has 0 bridgehead atoms. The summed E-state index contributed by atoms with van der Waals surface area (Å²) in [5.74, 6) is 1.64. The van der Waals surface area contributed by atoms with E-state index in [0.29, 0.717) is 6.04 Å². The molecule has 1 saturated carbocycles. The van der Waals surface area contributed by atoms with Crippen LogP contribution in [0.15, 0.2) is 24.3 Å². The average molecular weight is 252 g/mol. The molecule has 0 heterocycles. The van der Waals surface area contributed by atoms with E-state index in [1.807, 2.05) is 12.1 Å². The fourth-order valence-corrected chi connectivity index (χ4v) is 3.35. The molecule has 1 aliphatic carbocycles. The minimum atomic E-state index is 0.562. The van der Waals surface area contributed by atoms with E-state index in [2.05, 4.69) is 31.4 Å². The minimum absolute atomic E-state index is 0.562. The molecule has 1 N–H and O–H groups in total. The summed E-state index contributed by atoms with van der Waals surface area (Å²) in [6.07, 6.45) is 5.17. The molecule has 0 saturated heterocycles. The van der Waals surface area contributed by atoms with E-state index < -0.39 is 0 Å². The number of hydrogen-bond acceptors (Lipinski definition) is 1. The maximum Gasteiger partial charge on any atom is 0.0438 e. The van der Waals surface area contributed by atoms with E-state index >= 15 is 0 Å². The van der Waals surface area contributed by atoms with Gasteiger partial charge in [0.15, 0.2) is 0 Å². The molecule has 1 aromatic rings. The summed E-state index contributed by atoms with van der Waals surface area (Å²) in [5, 5.41) is 4.39. The average Bonchev–Trinajstić information content (AvgIpc) is 2.75. The molecule has 1 fully saturated rings. The fraction of sp³-hybridized carbons (Fsp3) is 0.600. The summed E-state index contributed by atoms with van der Waals surface area (Å²) in [7, 11) is 2.08. The van der Waals surface area contributed by atoms with Crippen LogP contribution < -0.4 is 5.32 Å². The lowest BCUT2D eigenvalue weighted by Crippen LogP contribution is -2.36. The Kier molecular flexibility index (Phi) is 4.47. The van der Waals surface area contributed by atoms with Crippen LogP contribution in [0.1, 0.15) is 31.7 Å². The van der Waals surface area contributed by atoms with Crippen LogP contribution in [0.2, 0.25) is 5.02 Å². The van der Waals surface area contributed by atoms with Crippen LogP contribution in [0.4, 0.5) is 0 Å². The van der Waals surface area contributed by atoms with Crippen LogP contribution in [0.25, 0.3) is 0 Å². The Morgan fingerprint density at radius 3 is 2.71 bits per heavy atom. The molecular weight excluding hydrogens is 230 g/mol. The zero-order valence-corrected chi connectivity index (χ0v) is 11.5. The molecule has 0 spiro atoms. The van der Waals surface area contributed by atoms with Gasteiger partial charge >= 0.3 is 0 Å². The molecule has 0 aromatic heterocycles. The first-order chi connectivity index (χ1) is 8.22. The molecule has 2 rings (SSSR count). The van der Waals surface area contributed by atoms with Crippen molar-refractivity contribution < 1.29 is 0 Å². The van der Waals surface area contributed by atoms with Gasteiger partial charge in [0.1, 0.15) is 0 Å². The maximum absolute atomic E-state index is 6.24. The van der Waals surface area contributed by atoms with Gasteiger partial charge in [-0.3, -0.25) is 0 Å². The first-order valence-corrected chi connectivity index (χ1v) is 7.01. The van der Waals surface area contributed by atoms with Crippen molar-refractivity contribution in [1.29, 1.82) is 0 Å². The standard InChI is InChI=1S/C15H22ClN/c1-11-6-5-8-13(11)15(17-2)10-12-7-3-4-9-14(12)16/h3-4,7,9,11,13,15,17H,5-6,8,10H2,1-2H3. The van der Waals surface area contributed by atoms with E-state index in [0.717, 1.165) is 23.3 Å². The fourth-order valence-electron chi connectivity index (χ4n) is 3.14. The van der Waals surface area contributed by atoms with Crippen molar-refractivity contribution in [3.8, 4) is 0 Å². The van der Waals surface area contributed by atoms with Gasteiger partial charge in [-0.2, -0.15) is 0 Å². The zero-order valence-electron chi connectivity index (χ0n) is 10.7. The van der Waals surface area contributed by atoms with Crippen LogP contribution in [-0.2, 0) is 6.42 Å². The molecule has 94 valence electrons. The van der Waals surface area contributed by atoms with Crippen molar-refractivity contribution in [3.05, 3.63) is 34.9 Å². The molecular formula is C15H22ClN. The summed E-state index contributed by atoms with van der Waals surface area (Å²) < 4.78 is 0. The maximum atomic E-state index is 6.24. The normalized spacial score (nSPS) is 26.1. The SMILES string of the molecule is CNC(Cc1ccccc1Cl)C1CCCC1C. The lowest BCUT2D eigenvalue weighted by molar-refractivity contribution is 0.308. The second kappa shape index (κ2) is 5.88. The van der Waals surface area contributed by atoms with Gasteiger partial charge in [0, 0.05) is 11.1 Å². The highest BCUT2D eigenvalue weighted by Crippen LogP contribution is 2.35. The third-order valence-corrected chi connectivity index (χ3v) is 4.58. The van der Waals surface area contributed by atoms with Crippen molar-refractivity contribution in [2.75, 3.05) is 7.05 Å². The Balaban J connectivity index is 2.07. The molecule has 1 aromatic carbocycles. The monoisotopic (exact) mass is 251 g/mol. The van der Waals surface area contributed by atoms with Crippen LogP contribution in [0.5, 0.6) is 0 Å². The highest BCUT2D eigenvalue weighted by atomic mass is 35.5. The molecule has 0 aliphatic heterocycles. The van der Waals surface area contributed by atoms with Gasteiger partial charge in [0.05, 0.1) is 0 Å². The van der Waals surface area contributed by atoms with E-state index in [-0.39, 0.29) is 0 Å². The molecule has 0 radical (unpaired) electrons. The quantitative estimate of drug-likeness (QED) is 0.856. The van der Waals surface area contributed by atoms with E-state index in [1.165, 1.54) is 24.8 Å². The Hall–Kier alpha value is -0.530. The smallest absolute Gasteiger partial charge is 0.0438 e. The Morgan fingerprint density at radius 1 is 1.35 bits per heavy atom. The van der Waals surface area contributed by atoms with Crippen molar-refractivity contribution >= 4 is 11.6 Å². The Bertz CT molecular complexity index is 364. The van der Waals surface area contributed by atoms with E-state index in [4.69, 9.17) is 11.6 Å². The largest absolute Gasteiger partial charge is 0.316 e. The lowest BCUT2D eigenvalue weighted by atomic mass is 9.86. The molecule has 0 amide bonds. The molecule has 1 nitrogen and oxygen atoms in total. The summed E-state index contributed by atoms with van der Waals surface area (Å²) in [5.41, 5.74) is 1.27. The highest BCUT2D eigenvalue weighted by molar-refractivity contribution is 6.31. The predicted molar refractivity (Wildman–Crippen MR) is 74.5 cm³/mol. The lowest BCUT2D eigenvalue weighted by Gasteiger charge is -2.27. The van der Waals surface area contributed by atoms with E-state index in [1.54, 1.807) is 0 Å². The van der Waals surface area contributed by atoms with Crippen LogP contribution >= 0.6 is 11.6 Å². The third kappa shape index (κ3) is 3.02.